The first-order valence-electron chi connectivity index (χ1n) is 7.46. The number of amides is 1. The second-order valence-corrected chi connectivity index (χ2v) is 5.29. The number of rotatable bonds is 5. The Balaban J connectivity index is 1.88. The minimum atomic E-state index is -0.657. The number of ether oxygens (including phenoxy) is 2. The molecule has 1 aliphatic heterocycles. The van der Waals surface area contributed by atoms with Crippen molar-refractivity contribution in [2.24, 2.45) is 5.92 Å². The van der Waals surface area contributed by atoms with Crippen LogP contribution in [-0.4, -0.2) is 38.3 Å². The van der Waals surface area contributed by atoms with Gasteiger partial charge in [0.1, 0.15) is 12.6 Å². The van der Waals surface area contributed by atoms with E-state index in [1.165, 1.54) is 7.11 Å². The molecule has 1 saturated heterocycles. The summed E-state index contributed by atoms with van der Waals surface area (Å²) in [6.07, 6.45) is 1.04. The summed E-state index contributed by atoms with van der Waals surface area (Å²) in [6.45, 7) is 1.84. The standard InChI is InChI=1S/C16H22N2O4/c1-21-15(19)14(13-7-9-17-10-8-13)18-16(20)22-11-12-5-3-2-4-6-12/h2-6,13-14,17H,7-11H2,1H3,(H,18,20). The highest BCUT2D eigenvalue weighted by Gasteiger charge is 2.32. The quantitative estimate of drug-likeness (QED) is 0.805. The van der Waals surface area contributed by atoms with Crippen molar-refractivity contribution in [2.45, 2.75) is 25.5 Å². The van der Waals surface area contributed by atoms with Gasteiger partial charge in [-0.3, -0.25) is 0 Å². The number of nitrogens with one attached hydrogen (secondary N) is 2. The summed E-state index contributed by atoms with van der Waals surface area (Å²) in [6, 6.07) is 8.74. The van der Waals surface area contributed by atoms with Gasteiger partial charge in [0.05, 0.1) is 7.11 Å². The molecule has 1 aromatic carbocycles. The van der Waals surface area contributed by atoms with Crippen LogP contribution in [0.3, 0.4) is 0 Å². The maximum Gasteiger partial charge on any atom is 0.408 e. The van der Waals surface area contributed by atoms with E-state index in [-0.39, 0.29) is 12.5 Å². The highest BCUT2D eigenvalue weighted by molar-refractivity contribution is 5.81. The maximum atomic E-state index is 11.9. The Hall–Kier alpha value is -2.08. The van der Waals surface area contributed by atoms with E-state index < -0.39 is 18.1 Å². The number of hydrogen-bond acceptors (Lipinski definition) is 5. The Bertz CT molecular complexity index is 486. The molecule has 6 heteroatoms. The minimum Gasteiger partial charge on any atom is -0.467 e. The minimum absolute atomic E-state index is 0.0676. The van der Waals surface area contributed by atoms with E-state index in [9.17, 15) is 9.59 Å². The number of methoxy groups -OCH3 is 1. The predicted molar refractivity (Wildman–Crippen MR) is 81.2 cm³/mol. The van der Waals surface area contributed by atoms with Crippen molar-refractivity contribution in [1.29, 1.82) is 0 Å². The molecule has 0 aromatic heterocycles. The molecule has 0 radical (unpaired) electrons. The zero-order valence-electron chi connectivity index (χ0n) is 12.7. The van der Waals surface area contributed by atoms with Crippen molar-refractivity contribution < 1.29 is 19.1 Å². The number of alkyl carbamates (subject to hydrolysis) is 1. The number of esters is 1. The SMILES string of the molecule is COC(=O)C(NC(=O)OCc1ccccc1)C1CCNCC1. The highest BCUT2D eigenvalue weighted by atomic mass is 16.6. The molecule has 0 saturated carbocycles. The van der Waals surface area contributed by atoms with E-state index in [2.05, 4.69) is 10.6 Å². The molecule has 0 aliphatic carbocycles. The topological polar surface area (TPSA) is 76.7 Å². The van der Waals surface area contributed by atoms with Crippen molar-refractivity contribution in [3.8, 4) is 0 Å². The number of benzene rings is 1. The van der Waals surface area contributed by atoms with Gasteiger partial charge >= 0.3 is 12.1 Å². The van der Waals surface area contributed by atoms with Gasteiger partial charge in [0.25, 0.3) is 0 Å². The fourth-order valence-corrected chi connectivity index (χ4v) is 2.57. The lowest BCUT2D eigenvalue weighted by atomic mass is 9.90. The lowest BCUT2D eigenvalue weighted by molar-refractivity contribution is -0.144. The van der Waals surface area contributed by atoms with Crippen LogP contribution in [-0.2, 0) is 20.9 Å². The first-order chi connectivity index (χ1) is 10.7. The summed E-state index contributed by atoms with van der Waals surface area (Å²) < 4.78 is 9.97. The molecule has 1 aliphatic rings. The van der Waals surface area contributed by atoms with Crippen LogP contribution in [0.2, 0.25) is 0 Å². The van der Waals surface area contributed by atoms with Gasteiger partial charge in [-0.1, -0.05) is 30.3 Å². The molecule has 1 fully saturated rings. The van der Waals surface area contributed by atoms with Crippen LogP contribution in [0.1, 0.15) is 18.4 Å². The van der Waals surface area contributed by atoms with Crippen molar-refractivity contribution in [1.82, 2.24) is 10.6 Å². The van der Waals surface area contributed by atoms with Crippen LogP contribution >= 0.6 is 0 Å². The monoisotopic (exact) mass is 306 g/mol. The molecule has 0 bridgehead atoms. The number of carbonyl (C=O) groups is 2. The molecule has 2 N–H and O–H groups in total. The smallest absolute Gasteiger partial charge is 0.408 e. The van der Waals surface area contributed by atoms with Gasteiger partial charge in [-0.15, -0.1) is 0 Å². The Morgan fingerprint density at radius 2 is 1.95 bits per heavy atom. The third-order valence-electron chi connectivity index (χ3n) is 3.80. The molecular weight excluding hydrogens is 284 g/mol. The Morgan fingerprint density at radius 1 is 1.27 bits per heavy atom. The molecule has 1 unspecified atom stereocenters. The second-order valence-electron chi connectivity index (χ2n) is 5.29. The maximum absolute atomic E-state index is 11.9. The van der Waals surface area contributed by atoms with Gasteiger partial charge < -0.3 is 20.1 Å². The summed E-state index contributed by atoms with van der Waals surface area (Å²) in [5.74, 6) is -0.360. The summed E-state index contributed by atoms with van der Waals surface area (Å²) in [7, 11) is 1.33. The van der Waals surface area contributed by atoms with Gasteiger partial charge in [-0.2, -0.15) is 0 Å². The zero-order chi connectivity index (χ0) is 15.8. The third-order valence-corrected chi connectivity index (χ3v) is 3.80. The van der Waals surface area contributed by atoms with Crippen molar-refractivity contribution in [3.63, 3.8) is 0 Å². The lowest BCUT2D eigenvalue weighted by Crippen LogP contribution is -2.49. The largest absolute Gasteiger partial charge is 0.467 e. The van der Waals surface area contributed by atoms with Crippen molar-refractivity contribution in [3.05, 3.63) is 35.9 Å². The molecule has 0 spiro atoms. The Kier molecular flexibility index (Phi) is 6.21. The second kappa shape index (κ2) is 8.38. The molecule has 2 rings (SSSR count). The van der Waals surface area contributed by atoms with Crippen LogP contribution in [0.5, 0.6) is 0 Å². The molecule has 120 valence electrons. The first-order valence-corrected chi connectivity index (χ1v) is 7.46. The molecule has 1 atom stereocenters. The van der Waals surface area contributed by atoms with Crippen LogP contribution in [0.4, 0.5) is 4.79 Å². The van der Waals surface area contributed by atoms with Gasteiger partial charge in [-0.05, 0) is 37.4 Å². The lowest BCUT2D eigenvalue weighted by Gasteiger charge is -2.29. The van der Waals surface area contributed by atoms with E-state index in [1.54, 1.807) is 0 Å². The van der Waals surface area contributed by atoms with Gasteiger partial charge in [0.15, 0.2) is 0 Å². The third kappa shape index (κ3) is 4.73. The van der Waals surface area contributed by atoms with E-state index in [4.69, 9.17) is 9.47 Å². The van der Waals surface area contributed by atoms with Gasteiger partial charge in [0.2, 0.25) is 0 Å². The van der Waals surface area contributed by atoms with E-state index in [0.29, 0.717) is 0 Å². The number of piperidine rings is 1. The van der Waals surface area contributed by atoms with Crippen molar-refractivity contribution in [2.75, 3.05) is 20.2 Å². The molecule has 1 aromatic rings. The van der Waals surface area contributed by atoms with Crippen molar-refractivity contribution >= 4 is 12.1 Å². The Morgan fingerprint density at radius 3 is 2.59 bits per heavy atom. The first kappa shape index (κ1) is 16.3. The van der Waals surface area contributed by atoms with Gasteiger partial charge in [0, 0.05) is 0 Å². The average Bonchev–Trinajstić information content (AvgIpc) is 2.59. The normalized spacial score (nSPS) is 16.6. The number of carbonyl (C=O) groups excluding carboxylic acids is 2. The predicted octanol–water partition coefficient (Wildman–Crippen LogP) is 1.45. The summed E-state index contributed by atoms with van der Waals surface area (Å²) in [5.41, 5.74) is 0.897. The average molecular weight is 306 g/mol. The molecule has 6 nitrogen and oxygen atoms in total. The van der Waals surface area contributed by atoms with Crippen LogP contribution in [0, 0.1) is 5.92 Å². The summed E-state index contributed by atoms with van der Waals surface area (Å²) in [4.78, 5) is 23.8. The van der Waals surface area contributed by atoms with Gasteiger partial charge in [-0.25, -0.2) is 9.59 Å². The van der Waals surface area contributed by atoms with E-state index >= 15 is 0 Å². The van der Waals surface area contributed by atoms with Crippen LogP contribution < -0.4 is 10.6 Å². The number of hydrogen-bond donors (Lipinski definition) is 2. The Labute approximate surface area is 130 Å². The van der Waals surface area contributed by atoms with Crippen LogP contribution in [0.15, 0.2) is 30.3 Å². The zero-order valence-corrected chi connectivity index (χ0v) is 12.7. The molecule has 22 heavy (non-hydrogen) atoms. The highest BCUT2D eigenvalue weighted by Crippen LogP contribution is 2.17. The van der Waals surface area contributed by atoms with E-state index in [0.717, 1.165) is 31.5 Å². The molecule has 1 heterocycles. The molecular formula is C16H22N2O4. The fourth-order valence-electron chi connectivity index (χ4n) is 2.57. The van der Waals surface area contributed by atoms with E-state index in [1.807, 2.05) is 30.3 Å². The summed E-state index contributed by atoms with van der Waals surface area (Å²) >= 11 is 0. The molecule has 1 amide bonds. The summed E-state index contributed by atoms with van der Waals surface area (Å²) in [5, 5.41) is 5.87. The fraction of sp³-hybridized carbons (Fsp3) is 0.500. The van der Waals surface area contributed by atoms with Crippen LogP contribution in [0.25, 0.3) is 0 Å².